The van der Waals surface area contributed by atoms with Crippen molar-refractivity contribution in [3.63, 3.8) is 0 Å². The number of carbonyl (C=O) groups is 1. The fourth-order valence-electron chi connectivity index (χ4n) is 0.919. The summed E-state index contributed by atoms with van der Waals surface area (Å²) in [6.45, 7) is 0. The van der Waals surface area contributed by atoms with Crippen LogP contribution in [0.5, 0.6) is 0 Å². The van der Waals surface area contributed by atoms with Crippen LogP contribution >= 0.6 is 0 Å². The van der Waals surface area contributed by atoms with E-state index in [-0.39, 0.29) is 5.56 Å². The number of carboxylic acid groups (broad SMARTS) is 1. The summed E-state index contributed by atoms with van der Waals surface area (Å²) in [5.74, 6) is -1.21. The van der Waals surface area contributed by atoms with Crippen molar-refractivity contribution < 1.29 is 23.1 Å². The first-order valence-corrected chi connectivity index (χ1v) is 3.89. The van der Waals surface area contributed by atoms with Gasteiger partial charge in [-0.3, -0.25) is 0 Å². The Morgan fingerprint density at radius 2 is 2.13 bits per heavy atom. The van der Waals surface area contributed by atoms with Crippen molar-refractivity contribution in [3.05, 3.63) is 41.5 Å². The molecular weight excluding hydrogens is 209 g/mol. The summed E-state index contributed by atoms with van der Waals surface area (Å²) in [5.41, 5.74) is -0.751. The third-order valence-corrected chi connectivity index (χ3v) is 1.55. The summed E-state index contributed by atoms with van der Waals surface area (Å²) < 4.78 is 36.6. The van der Waals surface area contributed by atoms with Gasteiger partial charge in [0.25, 0.3) is 0 Å². The van der Waals surface area contributed by atoms with Crippen molar-refractivity contribution in [1.29, 1.82) is 0 Å². The highest BCUT2D eigenvalue weighted by Gasteiger charge is 2.30. The van der Waals surface area contributed by atoms with Crippen molar-refractivity contribution in [1.82, 2.24) is 0 Å². The minimum absolute atomic E-state index is 0.170. The molecule has 0 saturated heterocycles. The van der Waals surface area contributed by atoms with Crippen LogP contribution in [-0.4, -0.2) is 11.1 Å². The standard InChI is InChI=1S/C10H6F3O2/c11-10(12,13)8-3-1-2-7(6-8)4-5-9(14)15/h1-2,4-6H,(H,14,15). The second kappa shape index (κ2) is 4.16. The van der Waals surface area contributed by atoms with E-state index in [1.165, 1.54) is 6.07 Å². The Morgan fingerprint density at radius 3 is 2.67 bits per heavy atom. The molecule has 2 nitrogen and oxygen atoms in total. The maximum Gasteiger partial charge on any atom is 0.417 e. The summed E-state index contributed by atoms with van der Waals surface area (Å²) in [7, 11) is 0. The molecule has 15 heavy (non-hydrogen) atoms. The molecule has 0 heterocycles. The lowest BCUT2D eigenvalue weighted by Gasteiger charge is -2.05. The average molecular weight is 215 g/mol. The minimum atomic E-state index is -4.47. The first-order valence-electron chi connectivity index (χ1n) is 3.89. The summed E-state index contributed by atoms with van der Waals surface area (Å²) in [6.07, 6.45) is -2.60. The molecule has 0 amide bonds. The molecule has 0 spiro atoms. The van der Waals surface area contributed by atoms with Crippen molar-refractivity contribution in [2.75, 3.05) is 0 Å². The van der Waals surface area contributed by atoms with Gasteiger partial charge in [0.1, 0.15) is 0 Å². The molecule has 0 aliphatic rings. The first-order chi connectivity index (χ1) is 6.89. The lowest BCUT2D eigenvalue weighted by atomic mass is 10.1. The second-order valence-electron chi connectivity index (χ2n) is 2.71. The molecular formula is C10H6F3O2. The third-order valence-electron chi connectivity index (χ3n) is 1.55. The zero-order valence-electron chi connectivity index (χ0n) is 7.38. The smallest absolute Gasteiger partial charge is 0.417 e. The van der Waals surface area contributed by atoms with Crippen molar-refractivity contribution in [2.24, 2.45) is 0 Å². The Kier molecular flexibility index (Phi) is 3.14. The van der Waals surface area contributed by atoms with E-state index >= 15 is 0 Å². The SMILES string of the molecule is O=C(O)C=Cc1cc[c]c(C(F)(F)F)c1. The third kappa shape index (κ3) is 3.46. The molecule has 0 aromatic heterocycles. The van der Waals surface area contributed by atoms with Gasteiger partial charge in [0.15, 0.2) is 0 Å². The zero-order valence-corrected chi connectivity index (χ0v) is 7.38. The van der Waals surface area contributed by atoms with Gasteiger partial charge in [0.2, 0.25) is 0 Å². The van der Waals surface area contributed by atoms with E-state index in [0.29, 0.717) is 0 Å². The number of aliphatic carboxylic acids is 1. The Bertz CT molecular complexity index is 394. The minimum Gasteiger partial charge on any atom is -0.478 e. The molecule has 0 atom stereocenters. The average Bonchev–Trinajstić information content (AvgIpc) is 2.14. The van der Waals surface area contributed by atoms with E-state index in [9.17, 15) is 18.0 Å². The molecule has 1 N–H and O–H groups in total. The van der Waals surface area contributed by atoms with E-state index in [2.05, 4.69) is 0 Å². The Morgan fingerprint density at radius 1 is 1.47 bits per heavy atom. The molecule has 1 rings (SSSR count). The van der Waals surface area contributed by atoms with Gasteiger partial charge < -0.3 is 5.11 Å². The van der Waals surface area contributed by atoms with Gasteiger partial charge in [-0.05, 0) is 23.8 Å². The predicted octanol–water partition coefficient (Wildman–Crippen LogP) is 2.60. The van der Waals surface area contributed by atoms with E-state index in [0.717, 1.165) is 24.3 Å². The Balaban J connectivity index is 2.98. The van der Waals surface area contributed by atoms with E-state index in [4.69, 9.17) is 5.11 Å². The van der Waals surface area contributed by atoms with Crippen LogP contribution in [0.2, 0.25) is 0 Å². The molecule has 1 aromatic carbocycles. The molecule has 0 aliphatic carbocycles. The summed E-state index contributed by atoms with van der Waals surface area (Å²) >= 11 is 0. The van der Waals surface area contributed by atoms with Gasteiger partial charge in [-0.25, -0.2) is 4.79 Å². The van der Waals surface area contributed by atoms with Gasteiger partial charge in [-0.2, -0.15) is 13.2 Å². The first kappa shape index (κ1) is 11.3. The number of carboxylic acids is 1. The molecule has 1 aromatic rings. The number of hydrogen-bond acceptors (Lipinski definition) is 1. The molecule has 0 aliphatic heterocycles. The highest BCUT2D eigenvalue weighted by molar-refractivity contribution is 5.85. The van der Waals surface area contributed by atoms with Gasteiger partial charge in [0, 0.05) is 6.08 Å². The van der Waals surface area contributed by atoms with Gasteiger partial charge >= 0.3 is 12.1 Å². The predicted molar refractivity (Wildman–Crippen MR) is 46.9 cm³/mol. The number of hydrogen-bond donors (Lipinski definition) is 1. The molecule has 0 saturated carbocycles. The van der Waals surface area contributed by atoms with E-state index in [1.54, 1.807) is 0 Å². The molecule has 0 unspecified atom stereocenters. The molecule has 5 heteroatoms. The fourth-order valence-corrected chi connectivity index (χ4v) is 0.919. The number of rotatable bonds is 2. The monoisotopic (exact) mass is 215 g/mol. The molecule has 79 valence electrons. The van der Waals surface area contributed by atoms with Crippen molar-refractivity contribution in [2.45, 2.75) is 6.18 Å². The summed E-state index contributed by atoms with van der Waals surface area (Å²) in [4.78, 5) is 10.1. The van der Waals surface area contributed by atoms with Crippen LogP contribution in [-0.2, 0) is 11.0 Å². The van der Waals surface area contributed by atoms with Crippen LogP contribution in [0.15, 0.2) is 24.3 Å². The largest absolute Gasteiger partial charge is 0.478 e. The molecule has 0 bridgehead atoms. The normalized spacial score (nSPS) is 11.9. The Labute approximate surface area is 83.7 Å². The molecule has 0 fully saturated rings. The van der Waals surface area contributed by atoms with Crippen LogP contribution in [0.4, 0.5) is 13.2 Å². The fraction of sp³-hybridized carbons (Fsp3) is 0.100. The van der Waals surface area contributed by atoms with Crippen molar-refractivity contribution >= 4 is 12.0 Å². The lowest BCUT2D eigenvalue weighted by Crippen LogP contribution is -2.04. The number of benzene rings is 1. The highest BCUT2D eigenvalue weighted by Crippen LogP contribution is 2.29. The lowest BCUT2D eigenvalue weighted by molar-refractivity contribution is -0.137. The highest BCUT2D eigenvalue weighted by atomic mass is 19.4. The van der Waals surface area contributed by atoms with Gasteiger partial charge in [-0.15, -0.1) is 0 Å². The van der Waals surface area contributed by atoms with Gasteiger partial charge in [-0.1, -0.05) is 12.1 Å². The van der Waals surface area contributed by atoms with E-state index < -0.39 is 17.7 Å². The second-order valence-corrected chi connectivity index (χ2v) is 2.71. The quantitative estimate of drug-likeness (QED) is 0.770. The summed E-state index contributed by atoms with van der Waals surface area (Å²) in [5, 5.41) is 8.29. The van der Waals surface area contributed by atoms with E-state index in [1.807, 2.05) is 6.07 Å². The van der Waals surface area contributed by atoms with Crippen LogP contribution in [0.25, 0.3) is 6.08 Å². The van der Waals surface area contributed by atoms with Gasteiger partial charge in [0.05, 0.1) is 5.56 Å². The van der Waals surface area contributed by atoms with Crippen LogP contribution < -0.4 is 0 Å². The number of halogens is 3. The van der Waals surface area contributed by atoms with Crippen LogP contribution in [0.3, 0.4) is 0 Å². The van der Waals surface area contributed by atoms with Crippen LogP contribution in [0, 0.1) is 6.07 Å². The molecule has 1 radical (unpaired) electrons. The van der Waals surface area contributed by atoms with Crippen molar-refractivity contribution in [3.8, 4) is 0 Å². The topological polar surface area (TPSA) is 37.3 Å². The maximum atomic E-state index is 12.2. The summed E-state index contributed by atoms with van der Waals surface area (Å²) in [6, 6.07) is 5.31. The maximum absolute atomic E-state index is 12.2. The Hall–Kier alpha value is -1.78. The number of alkyl halides is 3. The van der Waals surface area contributed by atoms with Crippen LogP contribution in [0.1, 0.15) is 11.1 Å². The zero-order chi connectivity index (χ0) is 11.5.